The van der Waals surface area contributed by atoms with E-state index in [0.717, 1.165) is 18.2 Å². The summed E-state index contributed by atoms with van der Waals surface area (Å²) < 4.78 is 32.5. The van der Waals surface area contributed by atoms with Gasteiger partial charge in [0.25, 0.3) is 11.6 Å². The molecule has 0 aromatic heterocycles. The molecule has 0 bridgehead atoms. The van der Waals surface area contributed by atoms with Gasteiger partial charge in [-0.15, -0.1) is 0 Å². The van der Waals surface area contributed by atoms with Crippen LogP contribution in [-0.2, 0) is 29.1 Å². The first-order valence-corrected chi connectivity index (χ1v) is 17.9. The summed E-state index contributed by atoms with van der Waals surface area (Å²) in [5, 5.41) is 19.9. The Hall–Kier alpha value is -6.43. The second-order valence-corrected chi connectivity index (χ2v) is 13.6. The molecule has 54 heavy (non-hydrogen) atoms. The second kappa shape index (κ2) is 18.4. The Balaban J connectivity index is 1.49. The predicted octanol–water partition coefficient (Wildman–Crippen LogP) is 3.15. The van der Waals surface area contributed by atoms with E-state index >= 15 is 0 Å². The van der Waals surface area contributed by atoms with E-state index < -0.39 is 67.8 Å². The minimum absolute atomic E-state index is 0.145. The summed E-state index contributed by atoms with van der Waals surface area (Å²) in [6, 6.07) is 13.9. The van der Waals surface area contributed by atoms with Crippen LogP contribution in [0, 0.1) is 10.1 Å². The van der Waals surface area contributed by atoms with Crippen LogP contribution in [0.25, 0.3) is 27.6 Å². The number of nitro benzene ring substituents is 1. The van der Waals surface area contributed by atoms with Gasteiger partial charge >= 0.3 is 5.97 Å². The van der Waals surface area contributed by atoms with Crippen molar-refractivity contribution in [2.24, 2.45) is 5.11 Å². The topological polar surface area (TPSA) is 260 Å². The van der Waals surface area contributed by atoms with Crippen LogP contribution in [0.15, 0.2) is 82.8 Å². The normalized spacial score (nSPS) is 14.5. The van der Waals surface area contributed by atoms with Crippen molar-refractivity contribution in [2.45, 2.75) is 36.7 Å². The van der Waals surface area contributed by atoms with Crippen molar-refractivity contribution >= 4 is 51.3 Å². The van der Waals surface area contributed by atoms with Gasteiger partial charge in [0.2, 0.25) is 21.8 Å². The number of hydrogen-bond donors (Lipinski definition) is 3. The molecule has 1 saturated heterocycles. The summed E-state index contributed by atoms with van der Waals surface area (Å²) in [5.74, 6) is -2.76. The number of sulfonamides is 1. The molecule has 3 amide bonds. The van der Waals surface area contributed by atoms with Crippen LogP contribution >= 0.6 is 0 Å². The van der Waals surface area contributed by atoms with Gasteiger partial charge in [-0.05, 0) is 72.3 Å². The van der Waals surface area contributed by atoms with Crippen molar-refractivity contribution in [2.75, 3.05) is 33.3 Å². The Labute approximate surface area is 309 Å². The number of hydrogen-bond acceptors (Lipinski definition) is 11. The first-order valence-electron chi connectivity index (χ1n) is 16.4. The number of rotatable bonds is 16. The highest BCUT2D eigenvalue weighted by Crippen LogP contribution is 2.27. The van der Waals surface area contributed by atoms with E-state index in [2.05, 4.69) is 25.4 Å². The number of benzene rings is 3. The fourth-order valence-electron chi connectivity index (χ4n) is 5.69. The summed E-state index contributed by atoms with van der Waals surface area (Å²) in [5.41, 5.74) is 10.0. The third-order valence-corrected chi connectivity index (χ3v) is 9.81. The number of carbonyl (C=O) groups excluding carboxylic acids is 5. The molecule has 1 aliphatic heterocycles. The molecular weight excluding hydrogens is 724 g/mol. The molecule has 0 saturated carbocycles. The molecular formula is C35H36N8O10S. The van der Waals surface area contributed by atoms with Crippen molar-refractivity contribution in [1.29, 1.82) is 0 Å². The van der Waals surface area contributed by atoms with Crippen LogP contribution in [0.2, 0.25) is 0 Å². The highest BCUT2D eigenvalue weighted by Gasteiger charge is 2.38. The van der Waals surface area contributed by atoms with E-state index in [4.69, 9.17) is 10.3 Å². The maximum atomic E-state index is 13.3. The zero-order valence-electron chi connectivity index (χ0n) is 29.1. The number of nitrogens with one attached hydrogen (secondary N) is 3. The van der Waals surface area contributed by atoms with E-state index in [9.17, 15) is 42.5 Å². The van der Waals surface area contributed by atoms with Crippen molar-refractivity contribution in [3.63, 3.8) is 0 Å². The quantitative estimate of drug-likeness (QED) is 0.0221. The predicted molar refractivity (Wildman–Crippen MR) is 194 cm³/mol. The molecule has 1 heterocycles. The van der Waals surface area contributed by atoms with E-state index in [1.54, 1.807) is 24.3 Å². The van der Waals surface area contributed by atoms with Gasteiger partial charge in [-0.3, -0.25) is 29.3 Å². The Morgan fingerprint density at radius 1 is 1.09 bits per heavy atom. The van der Waals surface area contributed by atoms with Gasteiger partial charge in [0, 0.05) is 47.8 Å². The van der Waals surface area contributed by atoms with Crippen LogP contribution in [0.1, 0.15) is 46.0 Å². The molecule has 3 aromatic rings. The average molecular weight is 761 g/mol. The monoisotopic (exact) mass is 760 g/mol. The molecule has 0 unspecified atom stereocenters. The highest BCUT2D eigenvalue weighted by atomic mass is 32.2. The number of ether oxygens (including phenoxy) is 1. The maximum Gasteiger partial charge on any atom is 0.328 e. The number of para-hydroxylation sites is 1. The number of ketones is 1. The minimum atomic E-state index is -4.28. The smallest absolute Gasteiger partial charge is 0.328 e. The number of nitro groups is 1. The SMILES string of the molecule is COC(=O)[C@H]1CCCN1C(=O)[C@H](CN=[N+]=[N-])NC(=O)/C=C/c1cccc(-c2cc(C(C)=O)ccc2C(=O)NCCNS(=O)(=O)c2ccccc2[N+](=O)[O-])c1. The van der Waals surface area contributed by atoms with Crippen LogP contribution in [0.4, 0.5) is 5.69 Å². The molecule has 19 heteroatoms. The van der Waals surface area contributed by atoms with E-state index in [1.807, 2.05) is 0 Å². The number of amides is 3. The highest BCUT2D eigenvalue weighted by molar-refractivity contribution is 7.89. The van der Waals surface area contributed by atoms with E-state index in [-0.39, 0.29) is 31.0 Å². The molecule has 0 aliphatic carbocycles. The Kier molecular flexibility index (Phi) is 13.7. The van der Waals surface area contributed by atoms with Crippen LogP contribution in [-0.4, -0.2) is 93.1 Å². The van der Waals surface area contributed by atoms with Gasteiger partial charge in [0.15, 0.2) is 10.7 Å². The summed E-state index contributed by atoms with van der Waals surface area (Å²) >= 11 is 0. The largest absolute Gasteiger partial charge is 0.467 e. The van der Waals surface area contributed by atoms with Gasteiger partial charge in [0.1, 0.15) is 12.1 Å². The lowest BCUT2D eigenvalue weighted by Crippen LogP contribution is -2.52. The Morgan fingerprint density at radius 3 is 2.56 bits per heavy atom. The summed E-state index contributed by atoms with van der Waals surface area (Å²) in [4.78, 5) is 77.9. The Bertz CT molecular complexity index is 2150. The van der Waals surface area contributed by atoms with Crippen LogP contribution in [0.3, 0.4) is 0 Å². The van der Waals surface area contributed by atoms with Gasteiger partial charge in [-0.1, -0.05) is 41.5 Å². The lowest BCUT2D eigenvalue weighted by Gasteiger charge is -2.27. The van der Waals surface area contributed by atoms with E-state index in [0.29, 0.717) is 35.1 Å². The lowest BCUT2D eigenvalue weighted by molar-refractivity contribution is -0.387. The lowest BCUT2D eigenvalue weighted by atomic mass is 9.94. The zero-order chi connectivity index (χ0) is 39.4. The number of likely N-dealkylation sites (tertiary alicyclic amines) is 1. The van der Waals surface area contributed by atoms with Crippen LogP contribution < -0.4 is 15.4 Å². The molecule has 1 fully saturated rings. The number of Topliss-reactive ketones (excluding diaryl/α,β-unsaturated/α-hetero) is 1. The molecule has 282 valence electrons. The fourth-order valence-corrected chi connectivity index (χ4v) is 6.89. The molecule has 1 aliphatic rings. The summed E-state index contributed by atoms with van der Waals surface area (Å²) in [6.07, 6.45) is 3.54. The number of methoxy groups -OCH3 is 1. The van der Waals surface area contributed by atoms with Gasteiger partial charge < -0.3 is 20.3 Å². The first-order chi connectivity index (χ1) is 25.8. The summed E-state index contributed by atoms with van der Waals surface area (Å²) in [7, 11) is -3.07. The van der Waals surface area contributed by atoms with Crippen LogP contribution in [0.5, 0.6) is 0 Å². The minimum Gasteiger partial charge on any atom is -0.467 e. The first kappa shape index (κ1) is 40.3. The maximum absolute atomic E-state index is 13.3. The van der Waals surface area contributed by atoms with Crippen molar-refractivity contribution < 1.29 is 42.1 Å². The fraction of sp³-hybridized carbons (Fsp3) is 0.286. The molecule has 18 nitrogen and oxygen atoms in total. The number of nitrogens with zero attached hydrogens (tertiary/aromatic N) is 5. The number of esters is 1. The molecule has 3 aromatic carbocycles. The molecule has 0 radical (unpaired) electrons. The number of azide groups is 1. The summed E-state index contributed by atoms with van der Waals surface area (Å²) in [6.45, 7) is 0.748. The number of carbonyl (C=O) groups is 5. The van der Waals surface area contributed by atoms with Gasteiger partial charge in [-0.25, -0.2) is 17.9 Å². The molecule has 2 atom stereocenters. The van der Waals surface area contributed by atoms with E-state index in [1.165, 1.54) is 55.3 Å². The van der Waals surface area contributed by atoms with Gasteiger partial charge in [-0.2, -0.15) is 0 Å². The van der Waals surface area contributed by atoms with Crippen molar-refractivity contribution in [1.82, 2.24) is 20.3 Å². The second-order valence-electron chi connectivity index (χ2n) is 11.8. The van der Waals surface area contributed by atoms with Gasteiger partial charge in [0.05, 0.1) is 18.6 Å². The molecule has 0 spiro atoms. The Morgan fingerprint density at radius 2 is 1.85 bits per heavy atom. The van der Waals surface area contributed by atoms with Crippen molar-refractivity contribution in [3.8, 4) is 11.1 Å². The molecule has 3 N–H and O–H groups in total. The average Bonchev–Trinajstić information content (AvgIpc) is 3.66. The molecule has 4 rings (SSSR count). The standard InChI is InChI=1S/C35H36N8O10S/c1-22(44)24-13-14-26(33(46)37-16-17-39-54(51,52)31-11-4-3-9-29(31)43(49)50)27(20-24)25-8-5-7-23(19-25)12-15-32(45)40-28(21-38-41-36)34(47)42-18-6-10-30(42)35(48)53-2/h3-5,7-9,11-15,19-20,28,30,39H,6,10,16-18,21H2,1-2H3,(H,37,46)(H,40,45)/b15-12+/t28-,30+/m0/s1. The third-order valence-electron chi connectivity index (χ3n) is 8.30. The van der Waals surface area contributed by atoms with Crippen molar-refractivity contribution in [3.05, 3.63) is 110 Å². The zero-order valence-corrected chi connectivity index (χ0v) is 29.9. The third kappa shape index (κ3) is 10.1.